The van der Waals surface area contributed by atoms with Crippen LogP contribution in [0, 0.1) is 0 Å². The minimum Gasteiger partial charge on any atom is -0.271 e. The zero-order chi connectivity index (χ0) is 11.5. The molecule has 0 amide bonds. The molecule has 0 spiro atoms. The molecule has 2 aromatic heterocycles. The highest BCUT2D eigenvalue weighted by Gasteiger charge is 2.17. The molecule has 2 rings (SSSR count). The highest BCUT2D eigenvalue weighted by atomic mass is 79.9. The Labute approximate surface area is 114 Å². The third kappa shape index (κ3) is 2.52. The van der Waals surface area contributed by atoms with Crippen molar-refractivity contribution in [3.8, 4) is 0 Å². The van der Waals surface area contributed by atoms with Crippen LogP contribution in [0.4, 0.5) is 0 Å². The number of thiophene rings is 1. The standard InChI is InChI=1S/C10H9Br2N3S/c11-7-3-6(4-14-5-7)9(15-13)10-8(12)1-2-16-10/h1-5,9,15H,13H2. The average molecular weight is 363 g/mol. The lowest BCUT2D eigenvalue weighted by Gasteiger charge is -2.15. The summed E-state index contributed by atoms with van der Waals surface area (Å²) in [6.45, 7) is 0. The van der Waals surface area contributed by atoms with Gasteiger partial charge in [-0.05, 0) is 54.9 Å². The summed E-state index contributed by atoms with van der Waals surface area (Å²) in [5, 5.41) is 2.02. The Bertz CT molecular complexity index is 486. The Hall–Kier alpha value is -0.270. The van der Waals surface area contributed by atoms with Crippen LogP contribution in [0.5, 0.6) is 0 Å². The summed E-state index contributed by atoms with van der Waals surface area (Å²) < 4.78 is 2.00. The number of rotatable bonds is 3. The summed E-state index contributed by atoms with van der Waals surface area (Å²) in [5.74, 6) is 5.61. The molecule has 1 atom stereocenters. The van der Waals surface area contributed by atoms with Crippen LogP contribution in [0.25, 0.3) is 0 Å². The van der Waals surface area contributed by atoms with Gasteiger partial charge < -0.3 is 0 Å². The largest absolute Gasteiger partial charge is 0.271 e. The minimum absolute atomic E-state index is 0.0422. The second-order valence-corrected chi connectivity index (χ2v) is 5.89. The zero-order valence-electron chi connectivity index (χ0n) is 8.15. The molecule has 0 bridgehead atoms. The number of hydrazine groups is 1. The molecule has 16 heavy (non-hydrogen) atoms. The van der Waals surface area contributed by atoms with Gasteiger partial charge in [-0.15, -0.1) is 11.3 Å². The minimum atomic E-state index is -0.0422. The third-order valence-corrected chi connectivity index (χ3v) is 4.50. The summed E-state index contributed by atoms with van der Waals surface area (Å²) in [6.07, 6.45) is 3.56. The van der Waals surface area contributed by atoms with E-state index >= 15 is 0 Å². The summed E-state index contributed by atoms with van der Waals surface area (Å²) in [5.41, 5.74) is 3.84. The van der Waals surface area contributed by atoms with E-state index in [4.69, 9.17) is 5.84 Å². The van der Waals surface area contributed by atoms with Crippen LogP contribution in [0.15, 0.2) is 38.9 Å². The van der Waals surface area contributed by atoms with Crippen LogP contribution >= 0.6 is 43.2 Å². The molecular formula is C10H9Br2N3S. The van der Waals surface area contributed by atoms with Gasteiger partial charge in [0.05, 0.1) is 6.04 Å². The van der Waals surface area contributed by atoms with Crippen molar-refractivity contribution in [2.45, 2.75) is 6.04 Å². The van der Waals surface area contributed by atoms with Crippen molar-refractivity contribution < 1.29 is 0 Å². The van der Waals surface area contributed by atoms with E-state index in [2.05, 4.69) is 42.3 Å². The van der Waals surface area contributed by atoms with Crippen molar-refractivity contribution in [3.05, 3.63) is 49.3 Å². The van der Waals surface area contributed by atoms with Gasteiger partial charge in [-0.3, -0.25) is 10.8 Å². The number of halogens is 2. The Morgan fingerprint density at radius 1 is 1.38 bits per heavy atom. The fraction of sp³-hybridized carbons (Fsp3) is 0.100. The van der Waals surface area contributed by atoms with E-state index in [1.54, 1.807) is 23.7 Å². The quantitative estimate of drug-likeness (QED) is 0.651. The molecule has 6 heteroatoms. The van der Waals surface area contributed by atoms with Gasteiger partial charge in [-0.2, -0.15) is 0 Å². The van der Waals surface area contributed by atoms with Gasteiger partial charge >= 0.3 is 0 Å². The summed E-state index contributed by atoms with van der Waals surface area (Å²) in [6, 6.07) is 3.97. The van der Waals surface area contributed by atoms with E-state index in [1.807, 2.05) is 17.5 Å². The molecule has 0 fully saturated rings. The first-order valence-corrected chi connectivity index (χ1v) is 6.98. The molecule has 2 aromatic rings. The predicted octanol–water partition coefficient (Wildman–Crippen LogP) is 3.22. The van der Waals surface area contributed by atoms with E-state index in [9.17, 15) is 0 Å². The van der Waals surface area contributed by atoms with Crippen LogP contribution in [0.2, 0.25) is 0 Å². The number of pyridine rings is 1. The van der Waals surface area contributed by atoms with Crippen molar-refractivity contribution in [2.24, 2.45) is 5.84 Å². The topological polar surface area (TPSA) is 50.9 Å². The fourth-order valence-electron chi connectivity index (χ4n) is 1.42. The molecule has 2 heterocycles. The number of hydrogen-bond donors (Lipinski definition) is 2. The molecular weight excluding hydrogens is 354 g/mol. The second-order valence-electron chi connectivity index (χ2n) is 3.17. The maximum absolute atomic E-state index is 5.61. The summed E-state index contributed by atoms with van der Waals surface area (Å²) in [4.78, 5) is 5.28. The number of hydrogen-bond acceptors (Lipinski definition) is 4. The number of nitrogens with one attached hydrogen (secondary N) is 1. The highest BCUT2D eigenvalue weighted by molar-refractivity contribution is 9.10. The molecule has 0 saturated heterocycles. The van der Waals surface area contributed by atoms with Crippen molar-refractivity contribution in [1.82, 2.24) is 10.4 Å². The normalized spacial score (nSPS) is 12.7. The van der Waals surface area contributed by atoms with Crippen LogP contribution in [-0.4, -0.2) is 4.98 Å². The molecule has 0 radical (unpaired) electrons. The lowest BCUT2D eigenvalue weighted by Crippen LogP contribution is -2.28. The van der Waals surface area contributed by atoms with Crippen LogP contribution in [0.3, 0.4) is 0 Å². The molecule has 84 valence electrons. The number of nitrogens with two attached hydrogens (primary N) is 1. The van der Waals surface area contributed by atoms with E-state index in [-0.39, 0.29) is 6.04 Å². The lowest BCUT2D eigenvalue weighted by molar-refractivity contribution is 0.642. The molecule has 0 saturated carbocycles. The van der Waals surface area contributed by atoms with Gasteiger partial charge in [0.2, 0.25) is 0 Å². The van der Waals surface area contributed by atoms with Crippen molar-refractivity contribution in [2.75, 3.05) is 0 Å². The molecule has 3 N–H and O–H groups in total. The molecule has 0 aliphatic heterocycles. The Kier molecular flexibility index (Phi) is 4.10. The predicted molar refractivity (Wildman–Crippen MR) is 73.1 cm³/mol. The van der Waals surface area contributed by atoms with Crippen molar-refractivity contribution >= 4 is 43.2 Å². The summed E-state index contributed by atoms with van der Waals surface area (Å²) in [7, 11) is 0. The number of nitrogens with zero attached hydrogens (tertiary/aromatic N) is 1. The molecule has 0 aromatic carbocycles. The average Bonchev–Trinajstić information content (AvgIpc) is 2.67. The fourth-order valence-corrected chi connectivity index (χ4v) is 3.49. The SMILES string of the molecule is NNC(c1cncc(Br)c1)c1sccc1Br. The van der Waals surface area contributed by atoms with Gasteiger partial charge in [0.1, 0.15) is 0 Å². The van der Waals surface area contributed by atoms with Crippen LogP contribution in [-0.2, 0) is 0 Å². The maximum atomic E-state index is 5.61. The first kappa shape index (κ1) is 12.2. The van der Waals surface area contributed by atoms with Crippen molar-refractivity contribution in [1.29, 1.82) is 0 Å². The molecule has 3 nitrogen and oxygen atoms in total. The first-order chi connectivity index (χ1) is 7.72. The third-order valence-electron chi connectivity index (χ3n) is 2.13. The Balaban J connectivity index is 2.40. The van der Waals surface area contributed by atoms with E-state index in [1.165, 1.54) is 0 Å². The van der Waals surface area contributed by atoms with E-state index in [0.29, 0.717) is 0 Å². The second kappa shape index (κ2) is 5.37. The van der Waals surface area contributed by atoms with Crippen LogP contribution in [0.1, 0.15) is 16.5 Å². The molecule has 0 aliphatic carbocycles. The zero-order valence-corrected chi connectivity index (χ0v) is 12.1. The lowest BCUT2D eigenvalue weighted by atomic mass is 10.1. The smallest absolute Gasteiger partial charge is 0.0829 e. The Morgan fingerprint density at radius 2 is 2.19 bits per heavy atom. The van der Waals surface area contributed by atoms with Crippen molar-refractivity contribution in [3.63, 3.8) is 0 Å². The first-order valence-electron chi connectivity index (χ1n) is 4.52. The van der Waals surface area contributed by atoms with E-state index in [0.717, 1.165) is 19.4 Å². The van der Waals surface area contributed by atoms with Gasteiger partial charge in [0.25, 0.3) is 0 Å². The maximum Gasteiger partial charge on any atom is 0.0829 e. The number of aromatic nitrogens is 1. The van der Waals surface area contributed by atoms with Gasteiger partial charge in [-0.25, -0.2) is 5.43 Å². The van der Waals surface area contributed by atoms with Gasteiger partial charge in [-0.1, -0.05) is 0 Å². The van der Waals surface area contributed by atoms with Gasteiger partial charge in [0, 0.05) is 26.2 Å². The van der Waals surface area contributed by atoms with Gasteiger partial charge in [0.15, 0.2) is 0 Å². The Morgan fingerprint density at radius 3 is 2.75 bits per heavy atom. The van der Waals surface area contributed by atoms with Crippen LogP contribution < -0.4 is 11.3 Å². The highest BCUT2D eigenvalue weighted by Crippen LogP contribution is 2.32. The summed E-state index contributed by atoms with van der Waals surface area (Å²) >= 11 is 8.56. The van der Waals surface area contributed by atoms with E-state index < -0.39 is 0 Å². The molecule has 0 aliphatic rings. The molecule has 1 unspecified atom stereocenters. The monoisotopic (exact) mass is 361 g/mol.